The molecule has 0 N–H and O–H groups in total. The first-order chi connectivity index (χ1) is 16.0. The van der Waals surface area contributed by atoms with Crippen LogP contribution in [0.25, 0.3) is 6.08 Å². The molecule has 33 heavy (non-hydrogen) atoms. The monoisotopic (exact) mass is 473 g/mol. The Morgan fingerprint density at radius 1 is 1.06 bits per heavy atom. The van der Waals surface area contributed by atoms with Crippen LogP contribution in [0.1, 0.15) is 24.5 Å². The third-order valence-corrected chi connectivity index (χ3v) is 5.40. The highest BCUT2D eigenvalue weighted by Crippen LogP contribution is 2.38. The molecule has 1 amide bonds. The lowest BCUT2D eigenvalue weighted by Gasteiger charge is -2.20. The molecule has 0 bridgehead atoms. The summed E-state index contributed by atoms with van der Waals surface area (Å²) in [6.07, 6.45) is 3.56. The molecule has 2 aromatic rings. The van der Waals surface area contributed by atoms with Crippen molar-refractivity contribution < 1.29 is 33.3 Å². The van der Waals surface area contributed by atoms with Gasteiger partial charge in [0.1, 0.15) is 0 Å². The van der Waals surface area contributed by atoms with Crippen LogP contribution in [-0.4, -0.2) is 49.9 Å². The maximum Gasteiger partial charge on any atom is 0.331 e. The number of hydrogen-bond donors (Lipinski definition) is 0. The van der Waals surface area contributed by atoms with Crippen LogP contribution in [0.5, 0.6) is 23.0 Å². The highest BCUT2D eigenvalue weighted by molar-refractivity contribution is 6.32. The average molecular weight is 474 g/mol. The van der Waals surface area contributed by atoms with Gasteiger partial charge < -0.3 is 28.6 Å². The van der Waals surface area contributed by atoms with E-state index < -0.39 is 5.97 Å². The van der Waals surface area contributed by atoms with Crippen LogP contribution in [0.2, 0.25) is 5.02 Å². The van der Waals surface area contributed by atoms with Crippen molar-refractivity contribution in [2.24, 2.45) is 0 Å². The fourth-order valence-electron chi connectivity index (χ4n) is 3.42. The molecule has 4 rings (SSSR count). The summed E-state index contributed by atoms with van der Waals surface area (Å²) >= 11 is 6.27. The summed E-state index contributed by atoms with van der Waals surface area (Å²) in [6, 6.07) is 8.94. The van der Waals surface area contributed by atoms with Crippen LogP contribution >= 0.6 is 11.6 Å². The molecule has 0 saturated carbocycles. The van der Waals surface area contributed by atoms with Crippen LogP contribution in [0.15, 0.2) is 36.4 Å². The summed E-state index contributed by atoms with van der Waals surface area (Å²) < 4.78 is 27.0. The number of amides is 1. The second-order valence-electron chi connectivity index (χ2n) is 7.42. The molecule has 2 aliphatic heterocycles. The lowest BCUT2D eigenvalue weighted by Crippen LogP contribution is -2.33. The number of fused-ring (bicyclic) bond motifs is 2. The molecule has 0 unspecified atom stereocenters. The predicted octanol–water partition coefficient (Wildman–Crippen LogP) is 3.84. The van der Waals surface area contributed by atoms with Crippen LogP contribution in [0, 0.1) is 0 Å². The van der Waals surface area contributed by atoms with E-state index in [1.54, 1.807) is 23.1 Å². The minimum atomic E-state index is -0.634. The van der Waals surface area contributed by atoms with Gasteiger partial charge >= 0.3 is 5.97 Å². The summed E-state index contributed by atoms with van der Waals surface area (Å²) in [5.41, 5.74) is 1.55. The highest BCUT2D eigenvalue weighted by Gasteiger charge is 2.18. The van der Waals surface area contributed by atoms with Crippen LogP contribution in [-0.2, 0) is 20.9 Å². The zero-order valence-corrected chi connectivity index (χ0v) is 18.9. The number of carbonyl (C=O) groups is 2. The van der Waals surface area contributed by atoms with Crippen molar-refractivity contribution in [2.45, 2.75) is 19.9 Å². The van der Waals surface area contributed by atoms with Gasteiger partial charge in [-0.15, -0.1) is 0 Å². The lowest BCUT2D eigenvalue weighted by molar-refractivity contribution is -0.148. The molecule has 0 atom stereocenters. The first-order valence-electron chi connectivity index (χ1n) is 10.6. The lowest BCUT2D eigenvalue weighted by atomic mass is 10.2. The van der Waals surface area contributed by atoms with E-state index in [0.29, 0.717) is 59.9 Å². The van der Waals surface area contributed by atoms with Crippen molar-refractivity contribution in [1.82, 2.24) is 4.90 Å². The van der Waals surface area contributed by atoms with E-state index in [-0.39, 0.29) is 19.3 Å². The summed E-state index contributed by atoms with van der Waals surface area (Å²) in [7, 11) is 0. The SMILES string of the molecule is CCN(Cc1ccc2c(c1)OCO2)C(=O)COC(=O)/C=C/c1cc(Cl)c2c(c1)OCCCO2. The van der Waals surface area contributed by atoms with Crippen molar-refractivity contribution in [3.63, 3.8) is 0 Å². The third kappa shape index (κ3) is 5.70. The Bertz CT molecular complexity index is 1070. The molecule has 2 aliphatic rings. The van der Waals surface area contributed by atoms with Gasteiger partial charge in [-0.1, -0.05) is 17.7 Å². The average Bonchev–Trinajstić information content (AvgIpc) is 3.15. The maximum absolute atomic E-state index is 12.5. The second kappa shape index (κ2) is 10.5. The van der Waals surface area contributed by atoms with E-state index in [2.05, 4.69) is 0 Å². The van der Waals surface area contributed by atoms with E-state index in [1.807, 2.05) is 25.1 Å². The number of halogens is 1. The minimum absolute atomic E-state index is 0.192. The topological polar surface area (TPSA) is 83.5 Å². The predicted molar refractivity (Wildman–Crippen MR) is 121 cm³/mol. The summed E-state index contributed by atoms with van der Waals surface area (Å²) in [6.45, 7) is 3.60. The van der Waals surface area contributed by atoms with Gasteiger partial charge in [-0.3, -0.25) is 4.79 Å². The van der Waals surface area contributed by atoms with Crippen molar-refractivity contribution in [1.29, 1.82) is 0 Å². The van der Waals surface area contributed by atoms with E-state index in [0.717, 1.165) is 12.0 Å². The van der Waals surface area contributed by atoms with Gasteiger partial charge in [0.15, 0.2) is 29.6 Å². The number of likely N-dealkylation sites (N-methyl/N-ethyl adjacent to an activating group) is 1. The van der Waals surface area contributed by atoms with Gasteiger partial charge in [0.25, 0.3) is 5.91 Å². The summed E-state index contributed by atoms with van der Waals surface area (Å²) in [5, 5.41) is 0.403. The first kappa shape index (κ1) is 22.8. The van der Waals surface area contributed by atoms with Gasteiger partial charge in [-0.05, 0) is 48.4 Å². The molecule has 8 nitrogen and oxygen atoms in total. The van der Waals surface area contributed by atoms with Crippen molar-refractivity contribution in [3.05, 3.63) is 52.6 Å². The standard InChI is InChI=1S/C24H24ClNO7/c1-2-26(13-17-4-6-19-20(12-17)33-15-32-19)22(27)14-31-23(28)7-5-16-10-18(25)24-21(11-16)29-8-3-9-30-24/h4-7,10-12H,2-3,8-9,13-15H2,1H3/b7-5+. The van der Waals surface area contributed by atoms with Crippen LogP contribution < -0.4 is 18.9 Å². The van der Waals surface area contributed by atoms with Crippen molar-refractivity contribution >= 4 is 29.6 Å². The Kier molecular flexibility index (Phi) is 7.24. The molecule has 0 spiro atoms. The fourth-order valence-corrected chi connectivity index (χ4v) is 3.69. The summed E-state index contributed by atoms with van der Waals surface area (Å²) in [5.74, 6) is 1.44. The van der Waals surface area contributed by atoms with E-state index in [4.69, 9.17) is 35.3 Å². The normalized spacial score (nSPS) is 14.1. The van der Waals surface area contributed by atoms with Crippen molar-refractivity contribution in [2.75, 3.05) is 33.2 Å². The zero-order chi connectivity index (χ0) is 23.2. The Hall–Kier alpha value is -3.39. The Labute approximate surface area is 196 Å². The van der Waals surface area contributed by atoms with Gasteiger partial charge in [-0.2, -0.15) is 0 Å². The van der Waals surface area contributed by atoms with Gasteiger partial charge in [0.05, 0.1) is 18.2 Å². The fraction of sp³-hybridized carbons (Fsp3) is 0.333. The largest absolute Gasteiger partial charge is 0.489 e. The third-order valence-electron chi connectivity index (χ3n) is 5.12. The number of esters is 1. The molecule has 2 aromatic carbocycles. The molecule has 174 valence electrons. The number of rotatable bonds is 7. The zero-order valence-electron chi connectivity index (χ0n) is 18.2. The molecule has 0 aromatic heterocycles. The summed E-state index contributed by atoms with van der Waals surface area (Å²) in [4.78, 5) is 26.3. The Balaban J connectivity index is 1.31. The van der Waals surface area contributed by atoms with E-state index in [1.165, 1.54) is 6.08 Å². The molecule has 0 radical (unpaired) electrons. The molecule has 2 heterocycles. The van der Waals surface area contributed by atoms with Crippen LogP contribution in [0.4, 0.5) is 0 Å². The van der Waals surface area contributed by atoms with Crippen LogP contribution in [0.3, 0.4) is 0 Å². The van der Waals surface area contributed by atoms with E-state index >= 15 is 0 Å². The molecular weight excluding hydrogens is 450 g/mol. The quantitative estimate of drug-likeness (QED) is 0.446. The Morgan fingerprint density at radius 3 is 2.73 bits per heavy atom. The smallest absolute Gasteiger partial charge is 0.331 e. The first-order valence-corrected chi connectivity index (χ1v) is 11.0. The molecule has 9 heteroatoms. The second-order valence-corrected chi connectivity index (χ2v) is 7.82. The molecule has 0 fully saturated rings. The highest BCUT2D eigenvalue weighted by atomic mass is 35.5. The number of benzene rings is 2. The van der Waals surface area contributed by atoms with Gasteiger partial charge in [-0.25, -0.2) is 4.79 Å². The number of ether oxygens (including phenoxy) is 5. The Morgan fingerprint density at radius 2 is 1.88 bits per heavy atom. The minimum Gasteiger partial charge on any atom is -0.489 e. The van der Waals surface area contributed by atoms with Gasteiger partial charge in [0.2, 0.25) is 6.79 Å². The number of hydrogen-bond acceptors (Lipinski definition) is 7. The molecular formula is C24H24ClNO7. The molecule has 0 aliphatic carbocycles. The van der Waals surface area contributed by atoms with E-state index in [9.17, 15) is 9.59 Å². The number of carbonyl (C=O) groups excluding carboxylic acids is 2. The maximum atomic E-state index is 12.5. The number of nitrogens with zero attached hydrogens (tertiary/aromatic N) is 1. The van der Waals surface area contributed by atoms with Gasteiger partial charge in [0, 0.05) is 25.6 Å². The molecule has 0 saturated heterocycles. The van der Waals surface area contributed by atoms with Crippen molar-refractivity contribution in [3.8, 4) is 23.0 Å².